The van der Waals surface area contributed by atoms with E-state index < -0.39 is 10.0 Å². The van der Waals surface area contributed by atoms with Crippen LogP contribution in [0.2, 0.25) is 0 Å². The Morgan fingerprint density at radius 3 is 2.85 bits per heavy atom. The van der Waals surface area contributed by atoms with Crippen LogP contribution in [0, 0.1) is 0 Å². The van der Waals surface area contributed by atoms with Crippen LogP contribution in [-0.4, -0.2) is 50.1 Å². The average Bonchev–Trinajstić information content (AvgIpc) is 2.47. The second kappa shape index (κ2) is 7.33. The summed E-state index contributed by atoms with van der Waals surface area (Å²) in [5.74, 6) is 0. The Kier molecular flexibility index (Phi) is 6.35. The lowest BCUT2D eigenvalue weighted by Crippen LogP contribution is -2.51. The Morgan fingerprint density at radius 2 is 2.30 bits per heavy atom. The quantitative estimate of drug-likeness (QED) is 0.879. The number of ether oxygens (including phenoxy) is 1. The van der Waals surface area contributed by atoms with Gasteiger partial charge in [-0.3, -0.25) is 4.98 Å². The minimum absolute atomic E-state index is 0. The molecular formula is C12H20ClN3O3S. The largest absolute Gasteiger partial charge is 0.381 e. The van der Waals surface area contributed by atoms with Crippen molar-refractivity contribution in [3.63, 3.8) is 0 Å². The van der Waals surface area contributed by atoms with Crippen molar-refractivity contribution in [2.75, 3.05) is 20.2 Å². The molecule has 2 rings (SSSR count). The number of nitrogens with two attached hydrogens (primary N) is 1. The highest BCUT2D eigenvalue weighted by Gasteiger charge is 2.36. The van der Waals surface area contributed by atoms with Crippen LogP contribution in [-0.2, 0) is 14.8 Å². The van der Waals surface area contributed by atoms with Gasteiger partial charge in [-0.1, -0.05) is 0 Å². The zero-order chi connectivity index (χ0) is 13.9. The van der Waals surface area contributed by atoms with Crippen molar-refractivity contribution in [3.05, 3.63) is 24.5 Å². The van der Waals surface area contributed by atoms with Gasteiger partial charge in [0.25, 0.3) is 0 Å². The first-order valence-electron chi connectivity index (χ1n) is 6.24. The molecule has 0 spiro atoms. The number of rotatable bonds is 4. The number of halogens is 1. The van der Waals surface area contributed by atoms with Gasteiger partial charge < -0.3 is 10.5 Å². The van der Waals surface area contributed by atoms with E-state index in [0.717, 1.165) is 0 Å². The molecule has 2 heterocycles. The Hall–Kier alpha value is -0.730. The lowest BCUT2D eigenvalue weighted by molar-refractivity contribution is 0.0401. The van der Waals surface area contributed by atoms with Gasteiger partial charge in [-0.25, -0.2) is 8.42 Å². The smallest absolute Gasteiger partial charge is 0.244 e. The van der Waals surface area contributed by atoms with Gasteiger partial charge in [-0.05, 0) is 25.0 Å². The summed E-state index contributed by atoms with van der Waals surface area (Å²) >= 11 is 0. The monoisotopic (exact) mass is 321 g/mol. The molecule has 2 atom stereocenters. The van der Waals surface area contributed by atoms with E-state index in [2.05, 4.69) is 4.98 Å². The van der Waals surface area contributed by atoms with Crippen LogP contribution in [0.15, 0.2) is 29.4 Å². The van der Waals surface area contributed by atoms with Crippen LogP contribution in [0.4, 0.5) is 0 Å². The van der Waals surface area contributed by atoms with E-state index in [1.54, 1.807) is 25.4 Å². The Labute approximate surface area is 125 Å². The maximum Gasteiger partial charge on any atom is 0.244 e. The summed E-state index contributed by atoms with van der Waals surface area (Å²) in [5.41, 5.74) is 5.71. The molecule has 0 amide bonds. The zero-order valence-electron chi connectivity index (χ0n) is 11.3. The third-order valence-electron chi connectivity index (χ3n) is 3.46. The SMILES string of the molecule is COC1CCN(S(=O)(=O)c2cccnc2)C(CN)C1.Cl. The number of methoxy groups -OCH3 is 1. The van der Waals surface area contributed by atoms with Crippen molar-refractivity contribution in [1.29, 1.82) is 0 Å². The molecule has 114 valence electrons. The number of nitrogens with zero attached hydrogens (tertiary/aromatic N) is 2. The second-order valence-electron chi connectivity index (χ2n) is 4.58. The van der Waals surface area contributed by atoms with Gasteiger partial charge in [-0.15, -0.1) is 12.4 Å². The normalized spacial score (nSPS) is 24.1. The Bertz CT molecular complexity index is 512. The molecule has 1 aromatic heterocycles. The van der Waals surface area contributed by atoms with Crippen molar-refractivity contribution in [1.82, 2.24) is 9.29 Å². The van der Waals surface area contributed by atoms with Crippen molar-refractivity contribution in [3.8, 4) is 0 Å². The van der Waals surface area contributed by atoms with Gasteiger partial charge in [0.15, 0.2) is 0 Å². The van der Waals surface area contributed by atoms with Crippen LogP contribution >= 0.6 is 12.4 Å². The maximum absolute atomic E-state index is 12.5. The van der Waals surface area contributed by atoms with Crippen molar-refractivity contribution < 1.29 is 13.2 Å². The molecule has 0 aromatic carbocycles. The molecule has 1 aromatic rings. The molecule has 6 nitrogen and oxygen atoms in total. The van der Waals surface area contributed by atoms with E-state index in [0.29, 0.717) is 25.9 Å². The number of aromatic nitrogens is 1. The van der Waals surface area contributed by atoms with E-state index in [1.165, 1.54) is 10.5 Å². The van der Waals surface area contributed by atoms with Gasteiger partial charge in [0.1, 0.15) is 4.90 Å². The van der Waals surface area contributed by atoms with Crippen LogP contribution < -0.4 is 5.73 Å². The first-order chi connectivity index (χ1) is 9.09. The topological polar surface area (TPSA) is 85.5 Å². The fourth-order valence-electron chi connectivity index (χ4n) is 2.37. The molecule has 2 unspecified atom stereocenters. The second-order valence-corrected chi connectivity index (χ2v) is 6.47. The third-order valence-corrected chi connectivity index (χ3v) is 5.40. The molecule has 2 N–H and O–H groups in total. The lowest BCUT2D eigenvalue weighted by atomic mass is 10.0. The Morgan fingerprint density at radius 1 is 1.55 bits per heavy atom. The first kappa shape index (κ1) is 17.3. The number of hydrogen-bond donors (Lipinski definition) is 1. The molecule has 0 bridgehead atoms. The maximum atomic E-state index is 12.5. The molecule has 0 aliphatic carbocycles. The fraction of sp³-hybridized carbons (Fsp3) is 0.583. The summed E-state index contributed by atoms with van der Waals surface area (Å²) in [6, 6.07) is 2.95. The number of pyridine rings is 1. The van der Waals surface area contributed by atoms with E-state index in [1.807, 2.05) is 0 Å². The van der Waals surface area contributed by atoms with E-state index in [-0.39, 0.29) is 29.4 Å². The predicted molar refractivity (Wildman–Crippen MR) is 78.3 cm³/mol. The molecule has 20 heavy (non-hydrogen) atoms. The van der Waals surface area contributed by atoms with E-state index in [4.69, 9.17) is 10.5 Å². The first-order valence-corrected chi connectivity index (χ1v) is 7.68. The van der Waals surface area contributed by atoms with E-state index >= 15 is 0 Å². The molecule has 1 fully saturated rings. The molecule has 0 radical (unpaired) electrons. The van der Waals surface area contributed by atoms with Crippen molar-refractivity contribution in [2.45, 2.75) is 29.9 Å². The fourth-order valence-corrected chi connectivity index (χ4v) is 4.00. The Balaban J connectivity index is 0.00000200. The van der Waals surface area contributed by atoms with Gasteiger partial charge in [0.05, 0.1) is 6.10 Å². The molecule has 1 aliphatic heterocycles. The summed E-state index contributed by atoms with van der Waals surface area (Å²) in [4.78, 5) is 4.08. The average molecular weight is 322 g/mol. The summed E-state index contributed by atoms with van der Waals surface area (Å²) in [6.07, 6.45) is 4.31. The summed E-state index contributed by atoms with van der Waals surface area (Å²) in [7, 11) is -1.88. The van der Waals surface area contributed by atoms with Crippen LogP contribution in [0.25, 0.3) is 0 Å². The minimum Gasteiger partial charge on any atom is -0.381 e. The van der Waals surface area contributed by atoms with Gasteiger partial charge in [0, 0.05) is 38.6 Å². The van der Waals surface area contributed by atoms with Gasteiger partial charge >= 0.3 is 0 Å². The molecule has 1 aliphatic rings. The number of piperidine rings is 1. The van der Waals surface area contributed by atoms with E-state index in [9.17, 15) is 8.42 Å². The number of hydrogen-bond acceptors (Lipinski definition) is 5. The molecule has 0 saturated carbocycles. The summed E-state index contributed by atoms with van der Waals surface area (Å²) in [6.45, 7) is 0.719. The number of sulfonamides is 1. The highest BCUT2D eigenvalue weighted by atomic mass is 35.5. The third kappa shape index (κ3) is 3.48. The predicted octanol–water partition coefficient (Wildman–Crippen LogP) is 0.630. The van der Waals surface area contributed by atoms with Crippen LogP contribution in [0.1, 0.15) is 12.8 Å². The van der Waals surface area contributed by atoms with Crippen LogP contribution in [0.3, 0.4) is 0 Å². The lowest BCUT2D eigenvalue weighted by Gasteiger charge is -2.37. The molecular weight excluding hydrogens is 302 g/mol. The molecule has 1 saturated heterocycles. The van der Waals surface area contributed by atoms with Crippen molar-refractivity contribution >= 4 is 22.4 Å². The van der Waals surface area contributed by atoms with Gasteiger partial charge in [0.2, 0.25) is 10.0 Å². The summed E-state index contributed by atoms with van der Waals surface area (Å²) < 4.78 is 31.9. The highest BCUT2D eigenvalue weighted by Crippen LogP contribution is 2.25. The zero-order valence-corrected chi connectivity index (χ0v) is 12.9. The highest BCUT2D eigenvalue weighted by molar-refractivity contribution is 7.89. The van der Waals surface area contributed by atoms with Gasteiger partial charge in [-0.2, -0.15) is 4.31 Å². The summed E-state index contributed by atoms with van der Waals surface area (Å²) in [5, 5.41) is 0. The standard InChI is InChI=1S/C12H19N3O3S.ClH/c1-18-11-4-6-15(10(7-11)8-13)19(16,17)12-3-2-5-14-9-12;/h2-3,5,9-11H,4,6-8,13H2,1H3;1H. The molecule has 8 heteroatoms. The van der Waals surface area contributed by atoms with Crippen molar-refractivity contribution in [2.24, 2.45) is 5.73 Å². The van der Waals surface area contributed by atoms with Crippen LogP contribution in [0.5, 0.6) is 0 Å². The minimum atomic E-state index is -3.52.